The van der Waals surface area contributed by atoms with Crippen LogP contribution in [0.15, 0.2) is 0 Å². The number of ether oxygens (including phenoxy) is 1. The fourth-order valence-electron chi connectivity index (χ4n) is 2.46. The molecular weight excluding hydrogens is 174 g/mol. The van der Waals surface area contributed by atoms with Gasteiger partial charge in [0.15, 0.2) is 0 Å². The first-order valence-electron chi connectivity index (χ1n) is 6.11. The molecule has 1 saturated heterocycles. The van der Waals surface area contributed by atoms with Crippen molar-refractivity contribution < 1.29 is 4.74 Å². The molecule has 2 heteroatoms. The van der Waals surface area contributed by atoms with E-state index < -0.39 is 0 Å². The largest absolute Gasteiger partial charge is 0.377 e. The number of hydrogen-bond acceptors (Lipinski definition) is 2. The van der Waals surface area contributed by atoms with E-state index in [9.17, 15) is 0 Å². The molecular formula is C12H23NO. The van der Waals surface area contributed by atoms with Gasteiger partial charge in [0.25, 0.3) is 0 Å². The van der Waals surface area contributed by atoms with Crippen LogP contribution in [0.1, 0.15) is 45.4 Å². The van der Waals surface area contributed by atoms with Crippen LogP contribution in [0.25, 0.3) is 0 Å². The zero-order valence-electron chi connectivity index (χ0n) is 9.35. The van der Waals surface area contributed by atoms with E-state index in [1.807, 2.05) is 0 Å². The molecule has 1 unspecified atom stereocenters. The van der Waals surface area contributed by atoms with Gasteiger partial charge < -0.3 is 10.1 Å². The average Bonchev–Trinajstić information content (AvgIpc) is 2.17. The molecule has 1 atom stereocenters. The van der Waals surface area contributed by atoms with E-state index in [0.29, 0.717) is 11.5 Å². The Balaban J connectivity index is 1.57. The third kappa shape index (κ3) is 2.71. The summed E-state index contributed by atoms with van der Waals surface area (Å²) in [6.45, 7) is 5.62. The van der Waals surface area contributed by atoms with Crippen molar-refractivity contribution in [3.05, 3.63) is 0 Å². The van der Waals surface area contributed by atoms with Crippen molar-refractivity contribution in [2.24, 2.45) is 5.41 Å². The number of hydrogen-bond donors (Lipinski definition) is 1. The van der Waals surface area contributed by atoms with Gasteiger partial charge >= 0.3 is 0 Å². The van der Waals surface area contributed by atoms with E-state index >= 15 is 0 Å². The number of nitrogens with one attached hydrogen (secondary N) is 1. The molecule has 0 bridgehead atoms. The second-order valence-corrected chi connectivity index (χ2v) is 5.28. The van der Waals surface area contributed by atoms with Crippen molar-refractivity contribution in [3.8, 4) is 0 Å². The Kier molecular flexibility index (Phi) is 3.45. The van der Waals surface area contributed by atoms with E-state index in [1.54, 1.807) is 0 Å². The Morgan fingerprint density at radius 1 is 1.29 bits per heavy atom. The molecule has 1 N–H and O–H groups in total. The Labute approximate surface area is 87.4 Å². The Hall–Kier alpha value is -0.0800. The van der Waals surface area contributed by atoms with Gasteiger partial charge in [-0.15, -0.1) is 0 Å². The molecule has 1 aliphatic carbocycles. The Morgan fingerprint density at radius 3 is 2.71 bits per heavy atom. The second-order valence-electron chi connectivity index (χ2n) is 5.28. The molecule has 2 rings (SSSR count). The fraction of sp³-hybridized carbons (Fsp3) is 1.00. The molecule has 2 fully saturated rings. The first-order valence-corrected chi connectivity index (χ1v) is 6.11. The molecule has 0 aromatic rings. The highest BCUT2D eigenvalue weighted by Crippen LogP contribution is 2.39. The van der Waals surface area contributed by atoms with Crippen molar-refractivity contribution in [1.29, 1.82) is 0 Å². The summed E-state index contributed by atoms with van der Waals surface area (Å²) in [6.07, 6.45) is 8.60. The molecule has 82 valence electrons. The maximum absolute atomic E-state index is 5.68. The van der Waals surface area contributed by atoms with Gasteiger partial charge in [0.05, 0.1) is 6.10 Å². The molecule has 0 aromatic carbocycles. The molecule has 2 nitrogen and oxygen atoms in total. The molecule has 1 heterocycles. The summed E-state index contributed by atoms with van der Waals surface area (Å²) in [5, 5.41) is 3.57. The summed E-state index contributed by atoms with van der Waals surface area (Å²) in [6, 6.07) is 0. The molecule has 0 aromatic heterocycles. The van der Waals surface area contributed by atoms with Crippen LogP contribution in [0.3, 0.4) is 0 Å². The minimum atomic E-state index is 0.493. The lowest BCUT2D eigenvalue weighted by atomic mass is 9.70. The van der Waals surface area contributed by atoms with Crippen molar-refractivity contribution in [1.82, 2.24) is 5.32 Å². The third-order valence-corrected chi connectivity index (χ3v) is 3.76. The van der Waals surface area contributed by atoms with Crippen LogP contribution in [-0.4, -0.2) is 25.8 Å². The maximum atomic E-state index is 5.68. The van der Waals surface area contributed by atoms with Crippen LogP contribution in [-0.2, 0) is 4.74 Å². The lowest BCUT2D eigenvalue weighted by molar-refractivity contribution is 0.0139. The first kappa shape index (κ1) is 10.4. The van der Waals surface area contributed by atoms with Gasteiger partial charge in [0.2, 0.25) is 0 Å². The van der Waals surface area contributed by atoms with Gasteiger partial charge in [-0.05, 0) is 37.5 Å². The normalized spacial score (nSPS) is 31.1. The minimum absolute atomic E-state index is 0.493. The highest BCUT2D eigenvalue weighted by molar-refractivity contribution is 4.85. The first-order chi connectivity index (χ1) is 6.79. The smallest absolute Gasteiger partial charge is 0.0699 e. The monoisotopic (exact) mass is 197 g/mol. The zero-order valence-corrected chi connectivity index (χ0v) is 9.35. The van der Waals surface area contributed by atoms with Gasteiger partial charge in [0.1, 0.15) is 0 Å². The molecule has 14 heavy (non-hydrogen) atoms. The van der Waals surface area contributed by atoms with E-state index in [4.69, 9.17) is 4.74 Å². The average molecular weight is 197 g/mol. The molecule has 1 saturated carbocycles. The Morgan fingerprint density at radius 2 is 2.14 bits per heavy atom. The highest BCUT2D eigenvalue weighted by atomic mass is 16.5. The third-order valence-electron chi connectivity index (χ3n) is 3.76. The summed E-state index contributed by atoms with van der Waals surface area (Å²) < 4.78 is 5.68. The SMILES string of the molecule is CC1(CNCC2CCCCO2)CCC1. The molecule has 0 radical (unpaired) electrons. The van der Waals surface area contributed by atoms with Crippen LogP contribution in [0.5, 0.6) is 0 Å². The predicted octanol–water partition coefficient (Wildman–Crippen LogP) is 2.34. The summed E-state index contributed by atoms with van der Waals surface area (Å²) in [5.74, 6) is 0. The van der Waals surface area contributed by atoms with Crippen molar-refractivity contribution >= 4 is 0 Å². The highest BCUT2D eigenvalue weighted by Gasteiger charge is 2.31. The van der Waals surface area contributed by atoms with Crippen molar-refractivity contribution in [2.75, 3.05) is 19.7 Å². The lowest BCUT2D eigenvalue weighted by Crippen LogP contribution is -2.41. The minimum Gasteiger partial charge on any atom is -0.377 e. The van der Waals surface area contributed by atoms with Gasteiger partial charge in [-0.2, -0.15) is 0 Å². The lowest BCUT2D eigenvalue weighted by Gasteiger charge is -2.39. The zero-order chi connectivity index (χ0) is 9.86. The van der Waals surface area contributed by atoms with Crippen molar-refractivity contribution in [3.63, 3.8) is 0 Å². The number of rotatable bonds is 4. The van der Waals surface area contributed by atoms with E-state index in [1.165, 1.54) is 45.1 Å². The van der Waals surface area contributed by atoms with Crippen LogP contribution >= 0.6 is 0 Å². The van der Waals surface area contributed by atoms with Crippen molar-refractivity contribution in [2.45, 2.75) is 51.6 Å². The molecule has 0 spiro atoms. The van der Waals surface area contributed by atoms with Gasteiger partial charge in [0, 0.05) is 19.7 Å². The molecule has 1 aliphatic heterocycles. The summed E-state index contributed by atoms with van der Waals surface area (Å²) in [4.78, 5) is 0. The topological polar surface area (TPSA) is 21.3 Å². The molecule has 0 amide bonds. The molecule has 2 aliphatic rings. The summed E-state index contributed by atoms with van der Waals surface area (Å²) in [7, 11) is 0. The van der Waals surface area contributed by atoms with E-state index in [2.05, 4.69) is 12.2 Å². The van der Waals surface area contributed by atoms with Gasteiger partial charge in [-0.1, -0.05) is 13.3 Å². The fourth-order valence-corrected chi connectivity index (χ4v) is 2.46. The Bertz CT molecular complexity index is 171. The van der Waals surface area contributed by atoms with E-state index in [-0.39, 0.29) is 0 Å². The maximum Gasteiger partial charge on any atom is 0.0699 e. The summed E-state index contributed by atoms with van der Waals surface area (Å²) in [5.41, 5.74) is 0.606. The van der Waals surface area contributed by atoms with E-state index in [0.717, 1.165) is 13.2 Å². The van der Waals surface area contributed by atoms with Crippen LogP contribution in [0.4, 0.5) is 0 Å². The van der Waals surface area contributed by atoms with Crippen LogP contribution < -0.4 is 5.32 Å². The predicted molar refractivity (Wildman–Crippen MR) is 58.4 cm³/mol. The standard InChI is InChI=1S/C12H23NO/c1-12(6-4-7-12)10-13-9-11-5-2-3-8-14-11/h11,13H,2-10H2,1H3. The van der Waals surface area contributed by atoms with Crippen LogP contribution in [0.2, 0.25) is 0 Å². The van der Waals surface area contributed by atoms with Gasteiger partial charge in [-0.3, -0.25) is 0 Å². The second kappa shape index (κ2) is 4.63. The summed E-state index contributed by atoms with van der Waals surface area (Å²) >= 11 is 0. The van der Waals surface area contributed by atoms with Gasteiger partial charge in [-0.25, -0.2) is 0 Å². The van der Waals surface area contributed by atoms with Crippen LogP contribution in [0, 0.1) is 5.41 Å². The quantitative estimate of drug-likeness (QED) is 0.747.